The van der Waals surface area contributed by atoms with Crippen molar-refractivity contribution >= 4 is 0 Å². The summed E-state index contributed by atoms with van der Waals surface area (Å²) in [7, 11) is 0. The van der Waals surface area contributed by atoms with Crippen molar-refractivity contribution < 1.29 is 60.2 Å². The molecule has 2 aliphatic carbocycles. The molecule has 0 aliphatic heterocycles. The van der Waals surface area contributed by atoms with Gasteiger partial charge in [-0.25, -0.2) is 17.2 Å². The summed E-state index contributed by atoms with van der Waals surface area (Å²) >= 11 is 0. The second-order valence-electron chi connectivity index (χ2n) is 4.86. The van der Waals surface area contributed by atoms with E-state index in [2.05, 4.69) is 58.9 Å². The van der Waals surface area contributed by atoms with E-state index < -0.39 is 0 Å². The Morgan fingerprint density at radius 3 is 2.05 bits per heavy atom. The van der Waals surface area contributed by atoms with Crippen molar-refractivity contribution in [3.8, 4) is 0 Å². The van der Waals surface area contributed by atoms with Gasteiger partial charge in [-0.15, -0.1) is 13.3 Å². The van der Waals surface area contributed by atoms with E-state index in [4.69, 9.17) is 0 Å². The monoisotopic (exact) mass is 476 g/mol. The fourth-order valence-corrected chi connectivity index (χ4v) is 2.05. The summed E-state index contributed by atoms with van der Waals surface area (Å²) in [6.07, 6.45) is 14.4. The van der Waals surface area contributed by atoms with E-state index in [1.54, 1.807) is 0 Å². The van der Waals surface area contributed by atoms with Crippen LogP contribution in [0.4, 0.5) is 0 Å². The Labute approximate surface area is 165 Å². The van der Waals surface area contributed by atoms with Crippen molar-refractivity contribution in [2.75, 3.05) is 0 Å². The van der Waals surface area contributed by atoms with Crippen molar-refractivity contribution in [2.24, 2.45) is 5.92 Å². The molecule has 1 atom stereocenters. The summed E-state index contributed by atoms with van der Waals surface area (Å²) in [6.45, 7) is 10.9. The predicted octanol–water partition coefficient (Wildman–Crippen LogP) is -0.797. The van der Waals surface area contributed by atoms with Crippen molar-refractivity contribution in [3.63, 3.8) is 0 Å². The fraction of sp³-hybridized carbons (Fsp3) is 0.529. The minimum absolute atomic E-state index is 0. The van der Waals surface area contributed by atoms with Gasteiger partial charge < -0.3 is 34.0 Å². The molecule has 0 radical (unpaired) electrons. The number of hydrogen-bond donors (Lipinski definition) is 0. The summed E-state index contributed by atoms with van der Waals surface area (Å²) in [4.78, 5) is 0. The van der Waals surface area contributed by atoms with Gasteiger partial charge in [-0.05, 0) is 0 Å². The zero-order chi connectivity index (χ0) is 12.8. The van der Waals surface area contributed by atoms with E-state index in [0.29, 0.717) is 5.92 Å². The molecule has 3 heteroatoms. The third-order valence-electron chi connectivity index (χ3n) is 3.52. The molecule has 0 nitrogen and oxygen atoms in total. The Kier molecular flexibility index (Phi) is 17.3. The predicted molar refractivity (Wildman–Crippen MR) is 75.4 cm³/mol. The largest absolute Gasteiger partial charge is 4.00 e. The molecule has 1 unspecified atom stereocenters. The summed E-state index contributed by atoms with van der Waals surface area (Å²) in [5.74, 6) is 0.560. The van der Waals surface area contributed by atoms with Crippen LogP contribution in [-0.4, -0.2) is 0 Å². The first kappa shape index (κ1) is 25.7. The zero-order valence-corrected chi connectivity index (χ0v) is 18.7. The molecule has 0 N–H and O–H groups in total. The second kappa shape index (κ2) is 13.5. The molecule has 0 aromatic heterocycles. The number of halogens is 2. The maximum Gasteiger partial charge on any atom is 4.00 e. The molecule has 0 fully saturated rings. The summed E-state index contributed by atoms with van der Waals surface area (Å²) in [5.41, 5.74) is 5.64. The first-order valence-electron chi connectivity index (χ1n) is 6.60. The maximum atomic E-state index is 3.36. The standard InChI is InChI=1S/C9H13.C8H11.2BrH.Zr/c1-6-5-7(2)9(4)8(6)3;1-2-5-8-6-3-4-7-8;;;/h6H,1-4H3;3,6H,2,4-5H2,1H3;2*1H;/q2*-1;;;+4/p-2. The van der Waals surface area contributed by atoms with Gasteiger partial charge in [-0.3, -0.25) is 12.2 Å². The van der Waals surface area contributed by atoms with Crippen LogP contribution in [0.25, 0.3) is 0 Å². The van der Waals surface area contributed by atoms with Gasteiger partial charge in [-0.2, -0.15) is 17.2 Å². The van der Waals surface area contributed by atoms with Crippen LogP contribution in [0.3, 0.4) is 0 Å². The van der Waals surface area contributed by atoms with Crippen LogP contribution in [-0.2, 0) is 26.2 Å². The van der Waals surface area contributed by atoms with Crippen LogP contribution in [0.1, 0.15) is 53.9 Å². The topological polar surface area (TPSA) is 0 Å². The number of allylic oxidation sites excluding steroid dienone is 8. The van der Waals surface area contributed by atoms with Gasteiger partial charge in [0.15, 0.2) is 0 Å². The molecule has 0 saturated carbocycles. The van der Waals surface area contributed by atoms with Crippen LogP contribution in [0.5, 0.6) is 0 Å². The van der Waals surface area contributed by atoms with Gasteiger partial charge in [-0.1, -0.05) is 46.5 Å². The maximum absolute atomic E-state index is 3.36. The average molecular weight is 479 g/mol. The van der Waals surface area contributed by atoms with E-state index in [1.165, 1.54) is 35.1 Å². The Morgan fingerprint density at radius 2 is 1.80 bits per heavy atom. The summed E-state index contributed by atoms with van der Waals surface area (Å²) in [5, 5.41) is 0. The number of rotatable bonds is 2. The average Bonchev–Trinajstić information content (AvgIpc) is 2.87. The van der Waals surface area contributed by atoms with Gasteiger partial charge in [0.2, 0.25) is 0 Å². The molecule has 2 aliphatic rings. The molecule has 0 saturated heterocycles. The molecule has 0 aromatic carbocycles. The van der Waals surface area contributed by atoms with E-state index in [1.807, 2.05) is 0 Å². The molecule has 0 aromatic rings. The molecule has 0 bridgehead atoms. The molecule has 2 rings (SSSR count). The first-order chi connectivity index (χ1) is 8.06. The molecular weight excluding hydrogens is 455 g/mol. The van der Waals surface area contributed by atoms with Gasteiger partial charge in [0.25, 0.3) is 0 Å². The van der Waals surface area contributed by atoms with Crippen molar-refractivity contribution in [1.29, 1.82) is 0 Å². The van der Waals surface area contributed by atoms with Crippen molar-refractivity contribution in [3.05, 3.63) is 46.6 Å². The SMILES string of the molecule is CC1=[C-]C(C)C(C)=C1C.CCCC1=[C-]CC=C1.[Br-].[Br-].[Zr+4]. The van der Waals surface area contributed by atoms with Crippen LogP contribution in [0, 0.1) is 18.1 Å². The van der Waals surface area contributed by atoms with Gasteiger partial charge >= 0.3 is 26.2 Å². The van der Waals surface area contributed by atoms with Crippen LogP contribution >= 0.6 is 0 Å². The normalized spacial score (nSPS) is 18.9. The first-order valence-corrected chi connectivity index (χ1v) is 6.60. The smallest absolute Gasteiger partial charge is 1.00 e. The van der Waals surface area contributed by atoms with E-state index >= 15 is 0 Å². The van der Waals surface area contributed by atoms with Crippen molar-refractivity contribution in [1.82, 2.24) is 0 Å². The van der Waals surface area contributed by atoms with E-state index in [-0.39, 0.29) is 60.2 Å². The minimum atomic E-state index is 0. The van der Waals surface area contributed by atoms with Gasteiger partial charge in [0.05, 0.1) is 0 Å². The summed E-state index contributed by atoms with van der Waals surface area (Å²) < 4.78 is 0. The zero-order valence-electron chi connectivity index (χ0n) is 13.1. The quantitative estimate of drug-likeness (QED) is 0.456. The molecular formula is C17H24Br2Zr. The molecule has 20 heavy (non-hydrogen) atoms. The molecule has 0 heterocycles. The second-order valence-corrected chi connectivity index (χ2v) is 4.86. The number of hydrogen-bond acceptors (Lipinski definition) is 0. The van der Waals surface area contributed by atoms with Crippen molar-refractivity contribution in [2.45, 2.75) is 53.9 Å². The molecule has 0 amide bonds. The van der Waals surface area contributed by atoms with Crippen LogP contribution < -0.4 is 34.0 Å². The molecule has 110 valence electrons. The third kappa shape index (κ3) is 8.30. The van der Waals surface area contributed by atoms with Gasteiger partial charge in [0, 0.05) is 0 Å². The Morgan fingerprint density at radius 1 is 1.20 bits per heavy atom. The van der Waals surface area contributed by atoms with E-state index in [0.717, 1.165) is 6.42 Å². The molecule has 0 spiro atoms. The third-order valence-corrected chi connectivity index (χ3v) is 3.52. The fourth-order valence-electron chi connectivity index (χ4n) is 2.05. The van der Waals surface area contributed by atoms with Crippen LogP contribution in [0.15, 0.2) is 34.4 Å². The Hall–Kier alpha value is 0.803. The van der Waals surface area contributed by atoms with Gasteiger partial charge in [0.1, 0.15) is 0 Å². The Bertz CT molecular complexity index is 390. The van der Waals surface area contributed by atoms with E-state index in [9.17, 15) is 0 Å². The Balaban J connectivity index is -0.000000252. The minimum Gasteiger partial charge on any atom is -1.00 e. The summed E-state index contributed by atoms with van der Waals surface area (Å²) in [6, 6.07) is 0. The van der Waals surface area contributed by atoms with Crippen LogP contribution in [0.2, 0.25) is 0 Å².